The highest BCUT2D eigenvalue weighted by Crippen LogP contribution is 2.22. The highest BCUT2D eigenvalue weighted by atomic mass is 79.9. The van der Waals surface area contributed by atoms with Crippen LogP contribution in [0, 0.1) is 6.92 Å². The molecular formula is C13H16BrN3O3S. The lowest BCUT2D eigenvalue weighted by Gasteiger charge is -2.07. The van der Waals surface area contributed by atoms with Gasteiger partial charge in [0.15, 0.2) is 0 Å². The van der Waals surface area contributed by atoms with Crippen molar-refractivity contribution in [2.24, 2.45) is 0 Å². The first-order valence-electron chi connectivity index (χ1n) is 6.34. The van der Waals surface area contributed by atoms with Gasteiger partial charge < -0.3 is 5.11 Å². The monoisotopic (exact) mass is 373 g/mol. The van der Waals surface area contributed by atoms with Gasteiger partial charge >= 0.3 is 0 Å². The van der Waals surface area contributed by atoms with Crippen molar-refractivity contribution < 1.29 is 13.5 Å². The number of nitrogens with zero attached hydrogens (tertiary/aromatic N) is 2. The van der Waals surface area contributed by atoms with Crippen molar-refractivity contribution in [1.29, 1.82) is 0 Å². The number of hydrogen-bond acceptors (Lipinski definition) is 4. The predicted molar refractivity (Wildman–Crippen MR) is 83.6 cm³/mol. The third-order valence-electron chi connectivity index (χ3n) is 2.89. The van der Waals surface area contributed by atoms with Crippen LogP contribution in [0.4, 0.5) is 5.69 Å². The number of aliphatic hydroxyl groups is 1. The zero-order valence-electron chi connectivity index (χ0n) is 11.5. The summed E-state index contributed by atoms with van der Waals surface area (Å²) >= 11 is 3.37. The quantitative estimate of drug-likeness (QED) is 0.812. The van der Waals surface area contributed by atoms with Crippen LogP contribution in [0.25, 0.3) is 0 Å². The maximum absolute atomic E-state index is 12.3. The Labute approximate surface area is 132 Å². The molecule has 1 aromatic carbocycles. The fourth-order valence-corrected chi connectivity index (χ4v) is 3.09. The molecule has 0 saturated heterocycles. The normalized spacial score (nSPS) is 11.6. The molecule has 0 unspecified atom stereocenters. The highest BCUT2D eigenvalue weighted by Gasteiger charge is 2.17. The van der Waals surface area contributed by atoms with E-state index in [2.05, 4.69) is 25.8 Å². The third kappa shape index (κ3) is 4.05. The van der Waals surface area contributed by atoms with Crippen molar-refractivity contribution in [2.75, 3.05) is 11.3 Å². The number of aryl methyl sites for hydroxylation is 2. The van der Waals surface area contributed by atoms with Gasteiger partial charge in [-0.05, 0) is 31.0 Å². The van der Waals surface area contributed by atoms with Gasteiger partial charge in [0.05, 0.1) is 6.20 Å². The van der Waals surface area contributed by atoms with E-state index in [0.29, 0.717) is 18.7 Å². The summed E-state index contributed by atoms with van der Waals surface area (Å²) in [5.41, 5.74) is 1.50. The van der Waals surface area contributed by atoms with Crippen LogP contribution >= 0.6 is 15.9 Å². The standard InChI is InChI=1S/C13H16BrN3O3S/c1-10-3-4-11(7-13(10)14)16-21(19,20)12-8-15-17(9-12)5-2-6-18/h3-4,7-9,16,18H,2,5-6H2,1H3. The summed E-state index contributed by atoms with van der Waals surface area (Å²) in [6, 6.07) is 5.24. The van der Waals surface area contributed by atoms with E-state index in [-0.39, 0.29) is 11.5 Å². The molecule has 0 aliphatic rings. The molecular weight excluding hydrogens is 358 g/mol. The molecule has 0 aliphatic heterocycles. The molecule has 0 amide bonds. The molecule has 2 rings (SSSR count). The number of benzene rings is 1. The van der Waals surface area contributed by atoms with E-state index in [1.807, 2.05) is 13.0 Å². The first-order valence-corrected chi connectivity index (χ1v) is 8.62. The Morgan fingerprint density at radius 1 is 1.43 bits per heavy atom. The van der Waals surface area contributed by atoms with Crippen LogP contribution in [0.15, 0.2) is 40.0 Å². The number of aromatic nitrogens is 2. The summed E-state index contributed by atoms with van der Waals surface area (Å²) in [6.45, 7) is 2.44. The van der Waals surface area contributed by atoms with Crippen LogP contribution in [0.3, 0.4) is 0 Å². The van der Waals surface area contributed by atoms with Crippen LogP contribution in [0.1, 0.15) is 12.0 Å². The summed E-state index contributed by atoms with van der Waals surface area (Å²) in [6.07, 6.45) is 3.27. The zero-order valence-corrected chi connectivity index (χ0v) is 13.9. The van der Waals surface area contributed by atoms with Crippen molar-refractivity contribution >= 4 is 31.6 Å². The molecule has 6 nitrogen and oxygen atoms in total. The Hall–Kier alpha value is -1.38. The van der Waals surface area contributed by atoms with E-state index in [9.17, 15) is 8.42 Å². The fourth-order valence-electron chi connectivity index (χ4n) is 1.71. The first-order chi connectivity index (χ1) is 9.92. The topological polar surface area (TPSA) is 84.2 Å². The molecule has 0 fully saturated rings. The Morgan fingerprint density at radius 3 is 2.86 bits per heavy atom. The first kappa shape index (κ1) is 16.0. The second kappa shape index (κ2) is 6.59. The molecule has 21 heavy (non-hydrogen) atoms. The molecule has 1 aromatic heterocycles. The highest BCUT2D eigenvalue weighted by molar-refractivity contribution is 9.10. The molecule has 0 atom stereocenters. The second-order valence-electron chi connectivity index (χ2n) is 4.59. The van der Waals surface area contributed by atoms with Crippen molar-refractivity contribution in [3.8, 4) is 0 Å². The minimum absolute atomic E-state index is 0.0393. The Morgan fingerprint density at radius 2 is 2.19 bits per heavy atom. The summed E-state index contributed by atoms with van der Waals surface area (Å²) in [4.78, 5) is 0.0946. The maximum atomic E-state index is 12.3. The smallest absolute Gasteiger partial charge is 0.265 e. The van der Waals surface area contributed by atoms with Gasteiger partial charge in [0, 0.05) is 29.5 Å². The van der Waals surface area contributed by atoms with Crippen molar-refractivity contribution in [1.82, 2.24) is 9.78 Å². The molecule has 0 aliphatic carbocycles. The molecule has 0 radical (unpaired) electrons. The molecule has 114 valence electrons. The van der Waals surface area contributed by atoms with Gasteiger partial charge in [-0.15, -0.1) is 0 Å². The molecule has 8 heteroatoms. The molecule has 0 spiro atoms. The Balaban J connectivity index is 2.17. The lowest BCUT2D eigenvalue weighted by atomic mass is 10.2. The number of hydrogen-bond donors (Lipinski definition) is 2. The largest absolute Gasteiger partial charge is 0.396 e. The zero-order chi connectivity index (χ0) is 15.5. The van der Waals surface area contributed by atoms with Gasteiger partial charge in [-0.1, -0.05) is 22.0 Å². The summed E-state index contributed by atoms with van der Waals surface area (Å²) in [7, 11) is -3.66. The van der Waals surface area contributed by atoms with Crippen LogP contribution in [-0.4, -0.2) is 29.9 Å². The molecule has 2 N–H and O–H groups in total. The second-order valence-corrected chi connectivity index (χ2v) is 7.12. The summed E-state index contributed by atoms with van der Waals surface area (Å²) in [5, 5.41) is 12.7. The van der Waals surface area contributed by atoms with Gasteiger partial charge in [0.1, 0.15) is 4.90 Å². The van der Waals surface area contributed by atoms with E-state index in [4.69, 9.17) is 5.11 Å². The number of nitrogens with one attached hydrogen (secondary N) is 1. The Bertz CT molecular complexity index is 728. The lowest BCUT2D eigenvalue weighted by molar-refractivity contribution is 0.277. The predicted octanol–water partition coefficient (Wildman–Crippen LogP) is 2.14. The number of aliphatic hydroxyl groups excluding tert-OH is 1. The van der Waals surface area contributed by atoms with Crippen molar-refractivity contribution in [3.05, 3.63) is 40.6 Å². The number of rotatable bonds is 6. The van der Waals surface area contributed by atoms with Crippen LogP contribution in [0.2, 0.25) is 0 Å². The van der Waals surface area contributed by atoms with Gasteiger partial charge in [-0.3, -0.25) is 9.40 Å². The molecule has 2 aromatic rings. The number of sulfonamides is 1. The SMILES string of the molecule is Cc1ccc(NS(=O)(=O)c2cnn(CCCO)c2)cc1Br. The van der Waals surface area contributed by atoms with Gasteiger partial charge in [0.25, 0.3) is 10.0 Å². The fraction of sp³-hybridized carbons (Fsp3) is 0.308. The molecule has 0 bridgehead atoms. The van der Waals surface area contributed by atoms with Crippen LogP contribution < -0.4 is 4.72 Å². The Kier molecular flexibility index (Phi) is 5.02. The lowest BCUT2D eigenvalue weighted by Crippen LogP contribution is -2.12. The van der Waals surface area contributed by atoms with E-state index in [0.717, 1.165) is 10.0 Å². The van der Waals surface area contributed by atoms with E-state index < -0.39 is 10.0 Å². The summed E-state index contributed by atoms with van der Waals surface area (Å²) < 4.78 is 29.4. The average Bonchev–Trinajstić information content (AvgIpc) is 2.90. The minimum atomic E-state index is -3.66. The van der Waals surface area contributed by atoms with Crippen LogP contribution in [0.5, 0.6) is 0 Å². The third-order valence-corrected chi connectivity index (χ3v) is 5.08. The number of anilines is 1. The van der Waals surface area contributed by atoms with E-state index >= 15 is 0 Å². The molecule has 1 heterocycles. The number of halogens is 1. The van der Waals surface area contributed by atoms with Crippen molar-refractivity contribution in [3.63, 3.8) is 0 Å². The molecule has 0 saturated carbocycles. The van der Waals surface area contributed by atoms with Crippen LogP contribution in [-0.2, 0) is 16.6 Å². The minimum Gasteiger partial charge on any atom is -0.396 e. The summed E-state index contributed by atoms with van der Waals surface area (Å²) in [5.74, 6) is 0. The van der Waals surface area contributed by atoms with Gasteiger partial charge in [0.2, 0.25) is 0 Å². The van der Waals surface area contributed by atoms with E-state index in [1.54, 1.807) is 12.1 Å². The maximum Gasteiger partial charge on any atom is 0.265 e. The van der Waals surface area contributed by atoms with Crippen molar-refractivity contribution in [2.45, 2.75) is 24.8 Å². The van der Waals surface area contributed by atoms with Gasteiger partial charge in [-0.25, -0.2) is 8.42 Å². The van der Waals surface area contributed by atoms with E-state index in [1.165, 1.54) is 17.1 Å². The van der Waals surface area contributed by atoms with Gasteiger partial charge in [-0.2, -0.15) is 5.10 Å². The average molecular weight is 374 g/mol.